The number of rotatable bonds is 6. The molecule has 5 nitrogen and oxygen atoms in total. The molecule has 1 heterocycles. The molecule has 0 unspecified atom stereocenters. The predicted octanol–water partition coefficient (Wildman–Crippen LogP) is 0.891. The number of likely N-dealkylation sites (tertiary alicyclic amines) is 1. The third-order valence-corrected chi connectivity index (χ3v) is 6.38. The van der Waals surface area contributed by atoms with E-state index in [2.05, 4.69) is 23.5 Å². The fourth-order valence-corrected chi connectivity index (χ4v) is 4.31. The molecule has 112 valence electrons. The molecule has 3 atom stereocenters. The van der Waals surface area contributed by atoms with Crippen LogP contribution in [0.1, 0.15) is 33.6 Å². The second kappa shape index (κ2) is 5.68. The lowest BCUT2D eigenvalue weighted by atomic mass is 10.1. The van der Waals surface area contributed by atoms with Gasteiger partial charge >= 0.3 is 0 Å². The van der Waals surface area contributed by atoms with Crippen LogP contribution in [0.15, 0.2) is 0 Å². The fraction of sp³-hybridized carbons (Fsp3) is 1.00. The molecule has 2 aliphatic rings. The molecular formula is C13H27N3O2S. The van der Waals surface area contributed by atoms with Crippen LogP contribution in [0.5, 0.6) is 0 Å². The molecule has 1 saturated heterocycles. The average molecular weight is 289 g/mol. The van der Waals surface area contributed by atoms with Crippen molar-refractivity contribution in [3.8, 4) is 0 Å². The van der Waals surface area contributed by atoms with Gasteiger partial charge in [0.2, 0.25) is 0 Å². The second-order valence-electron chi connectivity index (χ2n) is 6.15. The number of nitrogens with zero attached hydrogens (tertiary/aromatic N) is 2. The number of hydrogen-bond donors (Lipinski definition) is 1. The zero-order valence-corrected chi connectivity index (χ0v) is 13.3. The zero-order chi connectivity index (χ0) is 14.2. The van der Waals surface area contributed by atoms with E-state index in [9.17, 15) is 8.42 Å². The van der Waals surface area contributed by atoms with Crippen molar-refractivity contribution in [3.05, 3.63) is 0 Å². The van der Waals surface area contributed by atoms with E-state index in [1.807, 2.05) is 6.92 Å². The van der Waals surface area contributed by atoms with Crippen molar-refractivity contribution < 1.29 is 8.42 Å². The van der Waals surface area contributed by atoms with E-state index in [0.29, 0.717) is 11.8 Å². The first-order chi connectivity index (χ1) is 8.85. The molecule has 0 bridgehead atoms. The molecule has 6 heteroatoms. The van der Waals surface area contributed by atoms with E-state index in [4.69, 9.17) is 0 Å². The Labute approximate surface area is 117 Å². The van der Waals surface area contributed by atoms with Crippen LogP contribution in [-0.4, -0.2) is 56.4 Å². The third kappa shape index (κ3) is 3.48. The summed E-state index contributed by atoms with van der Waals surface area (Å²) in [5, 5.41) is 0. The molecule has 0 spiro atoms. The molecule has 0 radical (unpaired) electrons. The van der Waals surface area contributed by atoms with Gasteiger partial charge in [0.15, 0.2) is 0 Å². The van der Waals surface area contributed by atoms with Crippen LogP contribution in [0.2, 0.25) is 0 Å². The van der Waals surface area contributed by atoms with Crippen molar-refractivity contribution in [1.82, 2.24) is 13.9 Å². The van der Waals surface area contributed by atoms with Crippen molar-refractivity contribution in [2.45, 2.75) is 45.7 Å². The molecule has 1 saturated carbocycles. The summed E-state index contributed by atoms with van der Waals surface area (Å²) in [5.74, 6) is 0.925. The Morgan fingerprint density at radius 1 is 1.37 bits per heavy atom. The summed E-state index contributed by atoms with van der Waals surface area (Å²) < 4.78 is 29.2. The molecule has 2 fully saturated rings. The highest BCUT2D eigenvalue weighted by Crippen LogP contribution is 2.35. The Kier molecular flexibility index (Phi) is 4.55. The lowest BCUT2D eigenvalue weighted by molar-refractivity contribution is 0.337. The van der Waals surface area contributed by atoms with Gasteiger partial charge in [0.1, 0.15) is 0 Å². The van der Waals surface area contributed by atoms with Crippen LogP contribution < -0.4 is 4.72 Å². The number of nitrogens with one attached hydrogen (secondary N) is 1. The summed E-state index contributed by atoms with van der Waals surface area (Å²) in [6, 6.07) is 0.148. The lowest BCUT2D eigenvalue weighted by Gasteiger charge is -2.27. The third-order valence-electron chi connectivity index (χ3n) is 4.69. The highest BCUT2D eigenvalue weighted by molar-refractivity contribution is 7.87. The average Bonchev–Trinajstić information content (AvgIpc) is 3.14. The zero-order valence-electron chi connectivity index (χ0n) is 12.5. The van der Waals surface area contributed by atoms with E-state index in [1.54, 1.807) is 7.05 Å². The van der Waals surface area contributed by atoms with Crippen LogP contribution in [0.4, 0.5) is 0 Å². The van der Waals surface area contributed by atoms with Gasteiger partial charge in [0.05, 0.1) is 0 Å². The normalized spacial score (nSPS) is 31.0. The second-order valence-corrected chi connectivity index (χ2v) is 7.91. The van der Waals surface area contributed by atoms with Crippen LogP contribution in [0.25, 0.3) is 0 Å². The van der Waals surface area contributed by atoms with Crippen molar-refractivity contribution in [3.63, 3.8) is 0 Å². The molecule has 0 aromatic rings. The van der Waals surface area contributed by atoms with Crippen LogP contribution in [0, 0.1) is 11.8 Å². The predicted molar refractivity (Wildman–Crippen MR) is 77.1 cm³/mol. The lowest BCUT2D eigenvalue weighted by Crippen LogP contribution is -2.49. The Morgan fingerprint density at radius 3 is 2.47 bits per heavy atom. The molecule has 1 aliphatic heterocycles. The molecule has 0 aromatic carbocycles. The Balaban J connectivity index is 1.96. The van der Waals surface area contributed by atoms with Gasteiger partial charge < -0.3 is 4.90 Å². The summed E-state index contributed by atoms with van der Waals surface area (Å²) in [4.78, 5) is 2.29. The topological polar surface area (TPSA) is 52.7 Å². The highest BCUT2D eigenvalue weighted by Gasteiger charge is 2.38. The van der Waals surface area contributed by atoms with Gasteiger partial charge in [-0.1, -0.05) is 13.8 Å². The van der Waals surface area contributed by atoms with Gasteiger partial charge in [0.25, 0.3) is 10.2 Å². The van der Waals surface area contributed by atoms with Gasteiger partial charge in [-0.2, -0.15) is 17.4 Å². The van der Waals surface area contributed by atoms with Crippen LogP contribution in [-0.2, 0) is 10.2 Å². The van der Waals surface area contributed by atoms with E-state index in [0.717, 1.165) is 32.5 Å². The summed E-state index contributed by atoms with van der Waals surface area (Å²) in [6.07, 6.45) is 2.31. The monoisotopic (exact) mass is 289 g/mol. The summed E-state index contributed by atoms with van der Waals surface area (Å²) >= 11 is 0. The number of likely N-dealkylation sites (N-methyl/N-ethyl adjacent to an activating group) is 1. The number of hydrogen-bond acceptors (Lipinski definition) is 3. The molecular weight excluding hydrogens is 262 g/mol. The van der Waals surface area contributed by atoms with E-state index in [-0.39, 0.29) is 12.1 Å². The highest BCUT2D eigenvalue weighted by atomic mass is 32.2. The Hall–Kier alpha value is -0.170. The maximum Gasteiger partial charge on any atom is 0.279 e. The molecule has 19 heavy (non-hydrogen) atoms. The van der Waals surface area contributed by atoms with Gasteiger partial charge in [-0.3, -0.25) is 0 Å². The SMILES string of the molecule is CCN1C[C@H](C)[C@H](NS(=O)(=O)N(C)[C@@H](C)C2CC2)C1. The first-order valence-corrected chi connectivity index (χ1v) is 8.76. The summed E-state index contributed by atoms with van der Waals surface area (Å²) in [6.45, 7) is 9.02. The molecule has 0 aromatic heterocycles. The quantitative estimate of drug-likeness (QED) is 0.790. The van der Waals surface area contributed by atoms with Crippen molar-refractivity contribution in [2.24, 2.45) is 11.8 Å². The summed E-state index contributed by atoms with van der Waals surface area (Å²) in [7, 11) is -1.66. The smallest absolute Gasteiger partial charge is 0.279 e. The minimum absolute atomic E-state index is 0.0406. The minimum Gasteiger partial charge on any atom is -0.302 e. The van der Waals surface area contributed by atoms with Crippen molar-refractivity contribution in [1.29, 1.82) is 0 Å². The van der Waals surface area contributed by atoms with Gasteiger partial charge in [0, 0.05) is 32.2 Å². The minimum atomic E-state index is -3.36. The van der Waals surface area contributed by atoms with Gasteiger partial charge in [-0.15, -0.1) is 0 Å². The Morgan fingerprint density at radius 2 is 2.00 bits per heavy atom. The maximum atomic E-state index is 12.4. The standard InChI is InChI=1S/C13H27N3O2S/c1-5-16-8-10(2)13(9-16)14-19(17,18)15(4)11(3)12-6-7-12/h10-14H,5-9H2,1-4H3/t10-,11-,13+/m0/s1. The molecule has 0 amide bonds. The van der Waals surface area contributed by atoms with E-state index < -0.39 is 10.2 Å². The fourth-order valence-electron chi connectivity index (χ4n) is 2.85. The van der Waals surface area contributed by atoms with E-state index in [1.165, 1.54) is 4.31 Å². The van der Waals surface area contributed by atoms with Crippen LogP contribution >= 0.6 is 0 Å². The summed E-state index contributed by atoms with van der Waals surface area (Å²) in [5.41, 5.74) is 0. The van der Waals surface area contributed by atoms with Crippen molar-refractivity contribution >= 4 is 10.2 Å². The first kappa shape index (κ1) is 15.2. The maximum absolute atomic E-state index is 12.4. The van der Waals surface area contributed by atoms with Crippen molar-refractivity contribution in [2.75, 3.05) is 26.7 Å². The Bertz CT molecular complexity index is 408. The molecule has 1 N–H and O–H groups in total. The first-order valence-electron chi connectivity index (χ1n) is 7.32. The van der Waals surface area contributed by atoms with Crippen LogP contribution in [0.3, 0.4) is 0 Å². The van der Waals surface area contributed by atoms with Gasteiger partial charge in [-0.05, 0) is 38.1 Å². The van der Waals surface area contributed by atoms with E-state index >= 15 is 0 Å². The largest absolute Gasteiger partial charge is 0.302 e. The molecule has 1 aliphatic carbocycles. The van der Waals surface area contributed by atoms with Gasteiger partial charge in [-0.25, -0.2) is 0 Å². The molecule has 2 rings (SSSR count).